The van der Waals surface area contributed by atoms with E-state index < -0.39 is 0 Å². The van der Waals surface area contributed by atoms with Crippen molar-refractivity contribution in [2.24, 2.45) is 0 Å². The number of phenolic OH excluding ortho intramolecular Hbond substituents is 1. The summed E-state index contributed by atoms with van der Waals surface area (Å²) in [6.45, 7) is 0. The second kappa shape index (κ2) is 3.60. The first-order valence-electron chi connectivity index (χ1n) is 3.36. The number of carbonyl (C=O) groups excluding carboxylic acids is 1. The minimum absolute atomic E-state index is 0.0888. The summed E-state index contributed by atoms with van der Waals surface area (Å²) in [5.41, 5.74) is 0.521. The fraction of sp³-hybridized carbons (Fsp3) is 0.111. The van der Waals surface area contributed by atoms with Crippen LogP contribution in [0.3, 0.4) is 0 Å². The second-order valence-electron chi connectivity index (χ2n) is 2.19. The molecular formula is C9H8O3. The molecule has 0 heterocycles. The molecule has 3 nitrogen and oxygen atoms in total. The predicted octanol–water partition coefficient (Wildman–Crippen LogP) is 1.21. The summed E-state index contributed by atoms with van der Waals surface area (Å²) in [5, 5.41) is 9.05. The Kier molecular flexibility index (Phi) is 2.51. The van der Waals surface area contributed by atoms with E-state index in [4.69, 9.17) is 9.84 Å². The molecule has 0 fully saturated rings. The summed E-state index contributed by atoms with van der Waals surface area (Å²) in [7, 11) is 1.38. The lowest BCUT2D eigenvalue weighted by molar-refractivity contribution is 0.370. The fourth-order valence-corrected chi connectivity index (χ4v) is 0.866. The maximum atomic E-state index is 10.3. The van der Waals surface area contributed by atoms with Crippen molar-refractivity contribution in [2.45, 2.75) is 0 Å². The van der Waals surface area contributed by atoms with Crippen molar-refractivity contribution in [1.29, 1.82) is 0 Å². The molecule has 3 heteroatoms. The van der Waals surface area contributed by atoms with Gasteiger partial charge in [0.25, 0.3) is 0 Å². The number of methoxy groups -OCH3 is 1. The summed E-state index contributed by atoms with van der Waals surface area (Å²) in [4.78, 5) is 10.3. The molecule has 0 saturated heterocycles. The van der Waals surface area contributed by atoms with Gasteiger partial charge in [0.1, 0.15) is 5.75 Å². The first-order chi connectivity index (χ1) is 5.77. The Labute approximate surface area is 69.9 Å². The van der Waals surface area contributed by atoms with Crippen LogP contribution in [0.5, 0.6) is 5.75 Å². The average Bonchev–Trinajstić information content (AvgIpc) is 2.07. The molecule has 1 aromatic carbocycles. The largest absolute Gasteiger partial charge is 0.508 e. The summed E-state index contributed by atoms with van der Waals surface area (Å²) in [5.74, 6) is 1.81. The molecule has 0 atom stereocenters. The molecule has 0 aliphatic carbocycles. The highest BCUT2D eigenvalue weighted by atomic mass is 16.5. The van der Waals surface area contributed by atoms with Crippen LogP contribution in [-0.4, -0.2) is 18.2 Å². The molecule has 0 aliphatic heterocycles. The highest BCUT2D eigenvalue weighted by Crippen LogP contribution is 2.17. The summed E-state index contributed by atoms with van der Waals surface area (Å²) >= 11 is 0. The van der Waals surface area contributed by atoms with Crippen molar-refractivity contribution in [3.8, 4) is 5.75 Å². The number of benzene rings is 1. The molecule has 0 bridgehead atoms. The molecule has 0 radical (unpaired) electrons. The molecule has 1 rings (SSSR count). The molecule has 0 aromatic heterocycles. The maximum absolute atomic E-state index is 10.3. The van der Waals surface area contributed by atoms with Crippen LogP contribution < -0.4 is 0 Å². The van der Waals surface area contributed by atoms with Gasteiger partial charge >= 0.3 is 0 Å². The van der Waals surface area contributed by atoms with E-state index >= 15 is 0 Å². The van der Waals surface area contributed by atoms with Gasteiger partial charge in [-0.3, -0.25) is 0 Å². The third-order valence-electron chi connectivity index (χ3n) is 1.41. The van der Waals surface area contributed by atoms with Crippen molar-refractivity contribution in [1.82, 2.24) is 0 Å². The zero-order chi connectivity index (χ0) is 8.97. The van der Waals surface area contributed by atoms with Gasteiger partial charge in [0.2, 0.25) is 5.76 Å². The van der Waals surface area contributed by atoms with Crippen LogP contribution in [0.4, 0.5) is 0 Å². The fourth-order valence-electron chi connectivity index (χ4n) is 0.866. The van der Waals surface area contributed by atoms with E-state index in [2.05, 4.69) is 0 Å². The number of rotatable bonds is 2. The quantitative estimate of drug-likeness (QED) is 0.528. The molecule has 0 spiro atoms. The van der Waals surface area contributed by atoms with Crippen LogP contribution in [0.2, 0.25) is 0 Å². The third-order valence-corrected chi connectivity index (χ3v) is 1.41. The Morgan fingerprint density at radius 3 is 2.83 bits per heavy atom. The minimum atomic E-state index is 0.0888. The summed E-state index contributed by atoms with van der Waals surface area (Å²) < 4.78 is 4.72. The number of ether oxygens (including phenoxy) is 1. The summed E-state index contributed by atoms with van der Waals surface area (Å²) in [6.07, 6.45) is 0. The van der Waals surface area contributed by atoms with E-state index in [0.717, 1.165) is 0 Å². The van der Waals surface area contributed by atoms with Crippen LogP contribution >= 0.6 is 0 Å². The minimum Gasteiger partial charge on any atom is -0.508 e. The van der Waals surface area contributed by atoms with Crippen LogP contribution in [0.15, 0.2) is 24.3 Å². The first-order valence-corrected chi connectivity index (χ1v) is 3.36. The molecule has 0 aliphatic rings. The van der Waals surface area contributed by atoms with Gasteiger partial charge in [-0.2, -0.15) is 0 Å². The van der Waals surface area contributed by atoms with Gasteiger partial charge in [-0.25, -0.2) is 4.79 Å². The van der Waals surface area contributed by atoms with E-state index in [1.54, 1.807) is 18.1 Å². The SMILES string of the molecule is COC(=C=O)c1cccc(O)c1. The molecule has 0 unspecified atom stereocenters. The summed E-state index contributed by atoms with van der Waals surface area (Å²) in [6, 6.07) is 6.23. The van der Waals surface area contributed by atoms with Gasteiger partial charge in [-0.15, -0.1) is 0 Å². The Morgan fingerprint density at radius 2 is 2.33 bits per heavy atom. The van der Waals surface area contributed by atoms with Gasteiger partial charge in [-0.05, 0) is 12.1 Å². The lowest BCUT2D eigenvalue weighted by Crippen LogP contribution is -1.86. The topological polar surface area (TPSA) is 46.5 Å². The van der Waals surface area contributed by atoms with Gasteiger partial charge in [0.15, 0.2) is 5.94 Å². The van der Waals surface area contributed by atoms with Crippen molar-refractivity contribution < 1.29 is 14.6 Å². The molecule has 0 amide bonds. The maximum Gasteiger partial charge on any atom is 0.210 e. The third kappa shape index (κ3) is 1.65. The van der Waals surface area contributed by atoms with E-state index in [1.807, 2.05) is 0 Å². The van der Waals surface area contributed by atoms with E-state index in [-0.39, 0.29) is 11.5 Å². The first kappa shape index (κ1) is 8.37. The van der Waals surface area contributed by atoms with Crippen LogP contribution in [0.25, 0.3) is 5.76 Å². The Bertz CT molecular complexity index is 324. The Balaban J connectivity index is 3.10. The van der Waals surface area contributed by atoms with Gasteiger partial charge in [-0.1, -0.05) is 12.1 Å². The molecule has 1 N–H and O–H groups in total. The molecule has 1 aromatic rings. The Hall–Kier alpha value is -1.73. The van der Waals surface area contributed by atoms with Gasteiger partial charge in [0.05, 0.1) is 7.11 Å². The molecule has 0 saturated carbocycles. The van der Waals surface area contributed by atoms with Crippen LogP contribution in [0, 0.1) is 0 Å². The molecule has 12 heavy (non-hydrogen) atoms. The highest BCUT2D eigenvalue weighted by Gasteiger charge is 2.01. The number of aromatic hydroxyl groups is 1. The highest BCUT2D eigenvalue weighted by molar-refractivity contribution is 5.83. The lowest BCUT2D eigenvalue weighted by Gasteiger charge is -2.00. The van der Waals surface area contributed by atoms with E-state index in [0.29, 0.717) is 5.56 Å². The zero-order valence-corrected chi connectivity index (χ0v) is 6.57. The smallest absolute Gasteiger partial charge is 0.210 e. The molecular weight excluding hydrogens is 156 g/mol. The monoisotopic (exact) mass is 164 g/mol. The van der Waals surface area contributed by atoms with Crippen molar-refractivity contribution in [3.63, 3.8) is 0 Å². The van der Waals surface area contributed by atoms with Crippen molar-refractivity contribution in [2.75, 3.05) is 7.11 Å². The Morgan fingerprint density at radius 1 is 1.58 bits per heavy atom. The second-order valence-corrected chi connectivity index (χ2v) is 2.19. The van der Waals surface area contributed by atoms with Gasteiger partial charge in [0, 0.05) is 5.56 Å². The van der Waals surface area contributed by atoms with E-state index in [9.17, 15) is 4.79 Å². The van der Waals surface area contributed by atoms with Crippen molar-refractivity contribution >= 4 is 11.7 Å². The van der Waals surface area contributed by atoms with E-state index in [1.165, 1.54) is 19.2 Å². The number of phenols is 1. The average molecular weight is 164 g/mol. The zero-order valence-electron chi connectivity index (χ0n) is 6.57. The normalized spacial score (nSPS) is 8.75. The predicted molar refractivity (Wildman–Crippen MR) is 44.2 cm³/mol. The molecule has 62 valence electrons. The van der Waals surface area contributed by atoms with Gasteiger partial charge < -0.3 is 9.84 Å². The number of hydrogen-bond acceptors (Lipinski definition) is 3. The van der Waals surface area contributed by atoms with Crippen LogP contribution in [0.1, 0.15) is 5.56 Å². The van der Waals surface area contributed by atoms with Crippen LogP contribution in [-0.2, 0) is 9.53 Å². The lowest BCUT2D eigenvalue weighted by atomic mass is 10.2. The standard InChI is InChI=1S/C9H8O3/c1-12-9(6-10)7-3-2-4-8(11)5-7/h2-5,11H,1H3. The van der Waals surface area contributed by atoms with Crippen molar-refractivity contribution in [3.05, 3.63) is 29.8 Å². The number of hydrogen-bond donors (Lipinski definition) is 1.